The third-order valence-corrected chi connectivity index (χ3v) is 13.8. The molecule has 13 aromatic rings. The van der Waals surface area contributed by atoms with Crippen molar-refractivity contribution in [3.63, 3.8) is 0 Å². The fraction of sp³-hybridized carbons (Fsp3) is 0. The molecule has 3 aromatic heterocycles. The molecule has 3 heterocycles. The minimum absolute atomic E-state index is 1.10. The molecule has 62 heavy (non-hydrogen) atoms. The number of rotatable bonds is 6. The van der Waals surface area contributed by atoms with Crippen LogP contribution in [0.3, 0.4) is 0 Å². The molecule has 0 saturated heterocycles. The SMILES string of the molecule is c1ccc(-n2c3ccccc3c3cc(N(c4ccc(-c5ccc(-n6c7ccccc7c7ccc8ccccc8c76)cc5)cc4)c4ccc5sc6ccccc6c5c4)ccc32)cc1. The van der Waals surface area contributed by atoms with Gasteiger partial charge in [0.1, 0.15) is 0 Å². The molecular weight excluding hydrogens is 771 g/mol. The average molecular weight is 808 g/mol. The van der Waals surface area contributed by atoms with Crippen molar-refractivity contribution in [3.8, 4) is 22.5 Å². The van der Waals surface area contributed by atoms with Gasteiger partial charge < -0.3 is 14.0 Å². The van der Waals surface area contributed by atoms with Crippen LogP contribution in [0.15, 0.2) is 224 Å². The highest BCUT2D eigenvalue weighted by atomic mass is 32.1. The Morgan fingerprint density at radius 2 is 0.839 bits per heavy atom. The summed E-state index contributed by atoms with van der Waals surface area (Å²) in [7, 11) is 0. The van der Waals surface area contributed by atoms with Gasteiger partial charge in [-0.05, 0) is 108 Å². The predicted octanol–water partition coefficient (Wildman–Crippen LogP) is 16.5. The zero-order valence-corrected chi connectivity index (χ0v) is 34.4. The van der Waals surface area contributed by atoms with Gasteiger partial charge in [-0.1, -0.05) is 133 Å². The second-order valence-electron chi connectivity index (χ2n) is 16.1. The molecule has 0 aliphatic carbocycles. The lowest BCUT2D eigenvalue weighted by Crippen LogP contribution is -2.09. The van der Waals surface area contributed by atoms with Crippen molar-refractivity contribution >= 4 is 103 Å². The van der Waals surface area contributed by atoms with Crippen molar-refractivity contribution in [2.24, 2.45) is 0 Å². The number of hydrogen-bond acceptors (Lipinski definition) is 2. The highest BCUT2D eigenvalue weighted by molar-refractivity contribution is 7.25. The molecular formula is C58H37N3S. The number of hydrogen-bond donors (Lipinski definition) is 0. The highest BCUT2D eigenvalue weighted by Gasteiger charge is 2.20. The topological polar surface area (TPSA) is 13.1 Å². The van der Waals surface area contributed by atoms with E-state index in [9.17, 15) is 0 Å². The second kappa shape index (κ2) is 13.8. The van der Waals surface area contributed by atoms with E-state index in [1.165, 1.54) is 85.7 Å². The Morgan fingerprint density at radius 1 is 0.306 bits per heavy atom. The van der Waals surface area contributed by atoms with Gasteiger partial charge in [0, 0.05) is 75.5 Å². The number of nitrogens with zero attached hydrogens (tertiary/aromatic N) is 3. The fourth-order valence-electron chi connectivity index (χ4n) is 9.86. The summed E-state index contributed by atoms with van der Waals surface area (Å²) in [4.78, 5) is 2.42. The van der Waals surface area contributed by atoms with Gasteiger partial charge >= 0.3 is 0 Å². The average Bonchev–Trinajstić information content (AvgIpc) is 4.00. The van der Waals surface area contributed by atoms with Gasteiger partial charge in [0.15, 0.2) is 0 Å². The molecule has 0 spiro atoms. The molecule has 0 unspecified atom stereocenters. The Bertz CT molecular complexity index is 3850. The first-order chi connectivity index (χ1) is 30.7. The lowest BCUT2D eigenvalue weighted by Gasteiger charge is -2.26. The minimum atomic E-state index is 1.10. The smallest absolute Gasteiger partial charge is 0.0619 e. The molecule has 0 amide bonds. The summed E-state index contributed by atoms with van der Waals surface area (Å²) in [5.41, 5.74) is 12.9. The second-order valence-corrected chi connectivity index (χ2v) is 17.2. The first kappa shape index (κ1) is 34.9. The molecule has 10 aromatic carbocycles. The van der Waals surface area contributed by atoms with Crippen LogP contribution in [0.25, 0.3) is 97.1 Å². The maximum atomic E-state index is 2.43. The largest absolute Gasteiger partial charge is 0.310 e. The fourth-order valence-corrected chi connectivity index (χ4v) is 10.9. The van der Waals surface area contributed by atoms with Crippen molar-refractivity contribution in [1.29, 1.82) is 0 Å². The Labute approximate surface area is 362 Å². The monoisotopic (exact) mass is 807 g/mol. The first-order valence-electron chi connectivity index (χ1n) is 21.2. The van der Waals surface area contributed by atoms with Gasteiger partial charge in [0.05, 0.1) is 22.1 Å². The van der Waals surface area contributed by atoms with Crippen molar-refractivity contribution in [2.75, 3.05) is 4.90 Å². The molecule has 0 N–H and O–H groups in total. The molecule has 0 radical (unpaired) electrons. The van der Waals surface area contributed by atoms with Crippen molar-refractivity contribution < 1.29 is 0 Å². The molecule has 0 atom stereocenters. The molecule has 4 heteroatoms. The van der Waals surface area contributed by atoms with E-state index in [-0.39, 0.29) is 0 Å². The molecule has 0 aliphatic rings. The van der Waals surface area contributed by atoms with E-state index < -0.39 is 0 Å². The Balaban J connectivity index is 0.933. The first-order valence-corrected chi connectivity index (χ1v) is 22.0. The van der Waals surface area contributed by atoms with Crippen molar-refractivity contribution in [3.05, 3.63) is 224 Å². The minimum Gasteiger partial charge on any atom is -0.310 e. The summed E-state index contributed by atoms with van der Waals surface area (Å²) >= 11 is 1.86. The third-order valence-electron chi connectivity index (χ3n) is 12.7. The van der Waals surface area contributed by atoms with Crippen LogP contribution in [0.5, 0.6) is 0 Å². The Hall–Kier alpha value is -7.92. The molecule has 290 valence electrons. The molecule has 13 rings (SSSR count). The van der Waals surface area contributed by atoms with Crippen LogP contribution < -0.4 is 4.90 Å². The quantitative estimate of drug-likeness (QED) is 0.163. The Morgan fingerprint density at radius 3 is 1.61 bits per heavy atom. The third kappa shape index (κ3) is 5.37. The number of aromatic nitrogens is 2. The number of anilines is 3. The van der Waals surface area contributed by atoms with Gasteiger partial charge in [-0.15, -0.1) is 11.3 Å². The summed E-state index contributed by atoms with van der Waals surface area (Å²) in [6.07, 6.45) is 0. The highest BCUT2D eigenvalue weighted by Crippen LogP contribution is 2.44. The zero-order valence-electron chi connectivity index (χ0n) is 33.6. The number of fused-ring (bicyclic) bond motifs is 11. The maximum absolute atomic E-state index is 2.43. The van der Waals surface area contributed by atoms with E-state index in [1.54, 1.807) is 0 Å². The van der Waals surface area contributed by atoms with Crippen LogP contribution in [0.4, 0.5) is 17.1 Å². The number of para-hydroxylation sites is 3. The molecule has 0 aliphatic heterocycles. The van der Waals surface area contributed by atoms with Gasteiger partial charge in [-0.3, -0.25) is 0 Å². The van der Waals surface area contributed by atoms with Crippen LogP contribution in [-0.2, 0) is 0 Å². The van der Waals surface area contributed by atoms with Gasteiger partial charge in [-0.2, -0.15) is 0 Å². The summed E-state index contributed by atoms with van der Waals surface area (Å²) in [5.74, 6) is 0. The van der Waals surface area contributed by atoms with Crippen LogP contribution in [0.1, 0.15) is 0 Å². The van der Waals surface area contributed by atoms with Crippen LogP contribution in [0, 0.1) is 0 Å². The normalized spacial score (nSPS) is 11.9. The summed E-state index contributed by atoms with van der Waals surface area (Å²) in [5, 5.41) is 10.1. The standard InChI is InChI=1S/C58H37N3S/c1-2-13-41(14-3-1)60-53-19-9-7-17-48(53)51-36-44(31-34-55(51)60)59(45-32-35-57-52(37-45)49-18-8-11-21-56(49)62-57)42-27-22-38(23-28-42)39-24-29-43(30-25-39)61-54-20-10-6-16-47(54)50-33-26-40-12-4-5-15-46(40)58(50)61/h1-37H. The molecule has 3 nitrogen and oxygen atoms in total. The number of benzene rings is 10. The summed E-state index contributed by atoms with van der Waals surface area (Å²) < 4.78 is 7.41. The molecule has 0 fully saturated rings. The van der Waals surface area contributed by atoms with E-state index >= 15 is 0 Å². The van der Waals surface area contributed by atoms with E-state index in [4.69, 9.17) is 0 Å². The summed E-state index contributed by atoms with van der Waals surface area (Å²) in [6.45, 7) is 0. The van der Waals surface area contributed by atoms with E-state index in [0.29, 0.717) is 0 Å². The van der Waals surface area contributed by atoms with Gasteiger partial charge in [0.2, 0.25) is 0 Å². The predicted molar refractivity (Wildman–Crippen MR) is 266 cm³/mol. The number of thiophene rings is 1. The van der Waals surface area contributed by atoms with Crippen molar-refractivity contribution in [1.82, 2.24) is 9.13 Å². The maximum Gasteiger partial charge on any atom is 0.0619 e. The summed E-state index contributed by atoms with van der Waals surface area (Å²) in [6, 6.07) is 82.2. The molecule has 0 bridgehead atoms. The van der Waals surface area contributed by atoms with E-state index in [2.05, 4.69) is 238 Å². The lowest BCUT2D eigenvalue weighted by molar-refractivity contribution is 1.18. The van der Waals surface area contributed by atoms with Gasteiger partial charge in [-0.25, -0.2) is 0 Å². The lowest BCUT2D eigenvalue weighted by atomic mass is 10.0. The van der Waals surface area contributed by atoms with Crippen LogP contribution in [0.2, 0.25) is 0 Å². The zero-order chi connectivity index (χ0) is 40.7. The van der Waals surface area contributed by atoms with Crippen molar-refractivity contribution in [2.45, 2.75) is 0 Å². The molecule has 0 saturated carbocycles. The van der Waals surface area contributed by atoms with E-state index in [0.717, 1.165) is 28.4 Å². The van der Waals surface area contributed by atoms with Crippen LogP contribution >= 0.6 is 11.3 Å². The Kier molecular flexibility index (Phi) is 7.78. The van der Waals surface area contributed by atoms with Crippen LogP contribution in [-0.4, -0.2) is 9.13 Å². The van der Waals surface area contributed by atoms with E-state index in [1.807, 2.05) is 11.3 Å². The van der Waals surface area contributed by atoms with Gasteiger partial charge in [0.25, 0.3) is 0 Å².